The molecule has 158 valence electrons. The van der Waals surface area contributed by atoms with Gasteiger partial charge in [-0.25, -0.2) is 13.1 Å². The molecule has 2 aromatic rings. The molecule has 0 aliphatic rings. The van der Waals surface area contributed by atoms with Crippen LogP contribution in [-0.4, -0.2) is 52.5 Å². The van der Waals surface area contributed by atoms with E-state index in [0.717, 1.165) is 18.5 Å². The third-order valence-corrected chi connectivity index (χ3v) is 6.48. The van der Waals surface area contributed by atoms with Crippen molar-refractivity contribution in [3.8, 4) is 0 Å². The highest BCUT2D eigenvalue weighted by Gasteiger charge is 2.24. The topological polar surface area (TPSA) is 69.7 Å². The molecule has 0 saturated heterocycles. The van der Waals surface area contributed by atoms with Crippen LogP contribution in [0.15, 0.2) is 59.5 Å². The molecular weight excluding hydrogens is 386 g/mol. The zero-order chi connectivity index (χ0) is 21.4. The smallest absolute Gasteiger partial charge is 0.254 e. The fraction of sp³-hybridized carbons (Fsp3) is 0.409. The maximum Gasteiger partial charge on any atom is 0.254 e. The summed E-state index contributed by atoms with van der Waals surface area (Å²) in [7, 11) is -0.200. The minimum atomic E-state index is -3.82. The second-order valence-corrected chi connectivity index (χ2v) is 8.96. The monoisotopic (exact) mass is 417 g/mol. The Morgan fingerprint density at radius 1 is 1.03 bits per heavy atom. The molecule has 0 heterocycles. The molecule has 0 fully saturated rings. The average molecular weight is 418 g/mol. The highest BCUT2D eigenvalue weighted by Crippen LogP contribution is 2.18. The van der Waals surface area contributed by atoms with E-state index >= 15 is 0 Å². The van der Waals surface area contributed by atoms with Crippen LogP contribution in [-0.2, 0) is 10.0 Å². The number of likely N-dealkylation sites (N-methyl/N-ethyl adjacent to an activating group) is 1. The molecule has 0 aromatic heterocycles. The van der Waals surface area contributed by atoms with Crippen molar-refractivity contribution in [1.29, 1.82) is 0 Å². The van der Waals surface area contributed by atoms with E-state index in [1.807, 2.05) is 56.1 Å². The molecule has 0 radical (unpaired) electrons. The molecule has 0 spiro atoms. The summed E-state index contributed by atoms with van der Waals surface area (Å²) in [4.78, 5) is 16.4. The number of hydrogen-bond donors (Lipinski definition) is 1. The SMILES string of the molecule is CCCCN(C)C(=O)c1ccccc1S(=O)(=O)NC[C@H](C)N(C)c1ccccc1. The van der Waals surface area contributed by atoms with E-state index in [-0.39, 0.29) is 29.0 Å². The van der Waals surface area contributed by atoms with Gasteiger partial charge in [-0.1, -0.05) is 43.7 Å². The van der Waals surface area contributed by atoms with Crippen LogP contribution in [0.2, 0.25) is 0 Å². The Hall–Kier alpha value is -2.38. The minimum Gasteiger partial charge on any atom is -0.371 e. The molecule has 0 unspecified atom stereocenters. The zero-order valence-electron chi connectivity index (χ0n) is 17.6. The first-order valence-electron chi connectivity index (χ1n) is 9.90. The molecule has 0 saturated carbocycles. The summed E-state index contributed by atoms with van der Waals surface area (Å²) in [6, 6.07) is 16.1. The van der Waals surface area contributed by atoms with Crippen LogP contribution in [0.1, 0.15) is 37.0 Å². The van der Waals surface area contributed by atoms with Crippen molar-refractivity contribution in [2.75, 3.05) is 32.1 Å². The largest absolute Gasteiger partial charge is 0.371 e. The summed E-state index contributed by atoms with van der Waals surface area (Å²) in [5, 5.41) is 0. The summed E-state index contributed by atoms with van der Waals surface area (Å²) in [5.41, 5.74) is 1.20. The van der Waals surface area contributed by atoms with Crippen molar-refractivity contribution >= 4 is 21.6 Å². The summed E-state index contributed by atoms with van der Waals surface area (Å²) in [5.74, 6) is -0.283. The van der Waals surface area contributed by atoms with E-state index in [9.17, 15) is 13.2 Å². The maximum absolute atomic E-state index is 13.0. The van der Waals surface area contributed by atoms with E-state index in [2.05, 4.69) is 4.72 Å². The van der Waals surface area contributed by atoms with Crippen LogP contribution < -0.4 is 9.62 Å². The van der Waals surface area contributed by atoms with Gasteiger partial charge in [-0.2, -0.15) is 0 Å². The van der Waals surface area contributed by atoms with Crippen LogP contribution in [0.4, 0.5) is 5.69 Å². The van der Waals surface area contributed by atoms with Gasteiger partial charge in [0.2, 0.25) is 10.0 Å². The number of para-hydroxylation sites is 1. The Labute approximate surface area is 174 Å². The Kier molecular flexibility index (Phi) is 8.22. The Morgan fingerprint density at radius 2 is 1.66 bits per heavy atom. The lowest BCUT2D eigenvalue weighted by molar-refractivity contribution is 0.0789. The number of hydrogen-bond acceptors (Lipinski definition) is 4. The lowest BCUT2D eigenvalue weighted by Gasteiger charge is -2.27. The van der Waals surface area contributed by atoms with Crippen molar-refractivity contribution < 1.29 is 13.2 Å². The Morgan fingerprint density at radius 3 is 2.31 bits per heavy atom. The number of nitrogens with zero attached hydrogens (tertiary/aromatic N) is 2. The van der Waals surface area contributed by atoms with Crippen molar-refractivity contribution in [2.24, 2.45) is 0 Å². The second-order valence-electron chi connectivity index (χ2n) is 7.22. The third kappa shape index (κ3) is 6.05. The van der Waals surface area contributed by atoms with Gasteiger partial charge in [-0.05, 0) is 37.6 Å². The second kappa shape index (κ2) is 10.4. The van der Waals surface area contributed by atoms with E-state index in [1.165, 1.54) is 6.07 Å². The van der Waals surface area contributed by atoms with Gasteiger partial charge >= 0.3 is 0 Å². The molecule has 1 amide bonds. The van der Waals surface area contributed by atoms with E-state index in [0.29, 0.717) is 6.54 Å². The summed E-state index contributed by atoms with van der Waals surface area (Å²) in [6.07, 6.45) is 1.84. The number of carbonyl (C=O) groups excluding carboxylic acids is 1. The predicted molar refractivity (Wildman–Crippen MR) is 118 cm³/mol. The maximum atomic E-state index is 13.0. The molecule has 7 heteroatoms. The van der Waals surface area contributed by atoms with Gasteiger partial charge in [-0.3, -0.25) is 4.79 Å². The fourth-order valence-corrected chi connectivity index (χ4v) is 4.26. The first kappa shape index (κ1) is 22.9. The molecule has 1 N–H and O–H groups in total. The number of unbranched alkanes of at least 4 members (excludes halogenated alkanes) is 1. The summed E-state index contributed by atoms with van der Waals surface area (Å²) < 4.78 is 28.6. The lowest BCUT2D eigenvalue weighted by Crippen LogP contribution is -2.40. The molecule has 0 aliphatic heterocycles. The quantitative estimate of drug-likeness (QED) is 0.644. The molecule has 29 heavy (non-hydrogen) atoms. The van der Waals surface area contributed by atoms with Crippen LogP contribution in [0.5, 0.6) is 0 Å². The normalized spacial score (nSPS) is 12.4. The van der Waals surface area contributed by atoms with E-state index < -0.39 is 10.0 Å². The standard InChI is InChI=1S/C22H31N3O3S/c1-5-6-16-24(3)22(26)20-14-10-11-15-21(20)29(27,28)23-17-18(2)25(4)19-12-8-7-9-13-19/h7-15,18,23H,5-6,16-17H2,1-4H3/t18-/m0/s1. The van der Waals surface area contributed by atoms with Crippen LogP contribution in [0.3, 0.4) is 0 Å². The van der Waals surface area contributed by atoms with Crippen molar-refractivity contribution in [1.82, 2.24) is 9.62 Å². The molecular formula is C22H31N3O3S. The molecule has 1 atom stereocenters. The van der Waals surface area contributed by atoms with Crippen molar-refractivity contribution in [2.45, 2.75) is 37.6 Å². The highest BCUT2D eigenvalue weighted by molar-refractivity contribution is 7.89. The van der Waals surface area contributed by atoms with Gasteiger partial charge in [0.05, 0.1) is 10.5 Å². The highest BCUT2D eigenvalue weighted by atomic mass is 32.2. The predicted octanol–water partition coefficient (Wildman–Crippen LogP) is 3.36. The molecule has 0 bridgehead atoms. The van der Waals surface area contributed by atoms with Gasteiger partial charge in [0.25, 0.3) is 5.91 Å². The van der Waals surface area contributed by atoms with Gasteiger partial charge in [0.15, 0.2) is 0 Å². The number of anilines is 1. The number of amides is 1. The zero-order valence-corrected chi connectivity index (χ0v) is 18.4. The average Bonchev–Trinajstić information content (AvgIpc) is 2.75. The number of rotatable bonds is 10. The fourth-order valence-electron chi connectivity index (χ4n) is 2.94. The first-order chi connectivity index (χ1) is 13.8. The van der Waals surface area contributed by atoms with Gasteiger partial charge in [-0.15, -0.1) is 0 Å². The van der Waals surface area contributed by atoms with Gasteiger partial charge in [0, 0.05) is 38.9 Å². The van der Waals surface area contributed by atoms with Crippen molar-refractivity contribution in [3.63, 3.8) is 0 Å². The van der Waals surface area contributed by atoms with Crippen LogP contribution >= 0.6 is 0 Å². The minimum absolute atomic E-state index is 0.0166. The van der Waals surface area contributed by atoms with Crippen LogP contribution in [0, 0.1) is 0 Å². The Balaban J connectivity index is 2.14. The number of nitrogens with one attached hydrogen (secondary N) is 1. The van der Waals surface area contributed by atoms with Gasteiger partial charge in [0.1, 0.15) is 0 Å². The molecule has 2 rings (SSSR count). The first-order valence-corrected chi connectivity index (χ1v) is 11.4. The van der Waals surface area contributed by atoms with Crippen LogP contribution in [0.25, 0.3) is 0 Å². The number of benzene rings is 2. The lowest BCUT2D eigenvalue weighted by atomic mass is 10.2. The van der Waals surface area contributed by atoms with E-state index in [1.54, 1.807) is 30.1 Å². The van der Waals surface area contributed by atoms with Gasteiger partial charge < -0.3 is 9.80 Å². The van der Waals surface area contributed by atoms with Crippen molar-refractivity contribution in [3.05, 3.63) is 60.2 Å². The molecule has 6 nitrogen and oxygen atoms in total. The summed E-state index contributed by atoms with van der Waals surface area (Å²) >= 11 is 0. The number of carbonyl (C=O) groups is 1. The third-order valence-electron chi connectivity index (χ3n) is 4.99. The summed E-state index contributed by atoms with van der Waals surface area (Å²) in [6.45, 7) is 4.82. The molecule has 2 aromatic carbocycles. The number of sulfonamides is 1. The molecule has 0 aliphatic carbocycles. The van der Waals surface area contributed by atoms with E-state index in [4.69, 9.17) is 0 Å². The Bertz CT molecular complexity index is 901.